The molecule has 1 saturated heterocycles. The molecule has 2 aromatic heterocycles. The maximum absolute atomic E-state index is 11.4. The fourth-order valence-electron chi connectivity index (χ4n) is 5.16. The molecule has 7 heteroatoms. The van der Waals surface area contributed by atoms with Crippen molar-refractivity contribution in [2.75, 3.05) is 25.0 Å². The van der Waals surface area contributed by atoms with Gasteiger partial charge in [0.25, 0.3) is 0 Å². The monoisotopic (exact) mass is 545 g/mol. The third-order valence-electron chi connectivity index (χ3n) is 7.00. The number of halogens is 1. The van der Waals surface area contributed by atoms with Crippen molar-refractivity contribution in [3.05, 3.63) is 76.4 Å². The first-order valence-electron chi connectivity index (χ1n) is 12.7. The summed E-state index contributed by atoms with van der Waals surface area (Å²) in [7, 11) is 0. The van der Waals surface area contributed by atoms with Crippen molar-refractivity contribution < 1.29 is 4.79 Å². The second-order valence-electron chi connectivity index (χ2n) is 9.67. The lowest BCUT2D eigenvalue weighted by Gasteiger charge is -2.32. The van der Waals surface area contributed by atoms with E-state index < -0.39 is 0 Å². The van der Waals surface area contributed by atoms with E-state index in [0.29, 0.717) is 5.92 Å². The smallest absolute Gasteiger partial charge is 0.221 e. The Kier molecular flexibility index (Phi) is 7.48. The number of anilines is 1. The molecule has 0 aliphatic carbocycles. The van der Waals surface area contributed by atoms with Gasteiger partial charge in [-0.2, -0.15) is 0 Å². The van der Waals surface area contributed by atoms with E-state index in [1.165, 1.54) is 5.56 Å². The van der Waals surface area contributed by atoms with Gasteiger partial charge >= 0.3 is 0 Å². The first-order valence-corrected chi connectivity index (χ1v) is 13.5. The number of carbonyl (C=O) groups is 1. The zero-order chi connectivity index (χ0) is 25.1. The van der Waals surface area contributed by atoms with Gasteiger partial charge in [0.1, 0.15) is 15.9 Å². The highest BCUT2D eigenvalue weighted by Crippen LogP contribution is 2.30. The summed E-state index contributed by atoms with van der Waals surface area (Å²) >= 11 is 3.61. The van der Waals surface area contributed by atoms with Gasteiger partial charge in [0.05, 0.1) is 0 Å². The summed E-state index contributed by atoms with van der Waals surface area (Å²) < 4.78 is 3.15. The molecule has 0 saturated carbocycles. The van der Waals surface area contributed by atoms with Gasteiger partial charge in [-0.25, -0.2) is 9.97 Å². The molecule has 6 nitrogen and oxygen atoms in total. The molecule has 0 spiro atoms. The maximum atomic E-state index is 11.4. The van der Waals surface area contributed by atoms with Gasteiger partial charge in [-0.05, 0) is 97.0 Å². The summed E-state index contributed by atoms with van der Waals surface area (Å²) in [4.78, 5) is 23.8. The fourth-order valence-corrected chi connectivity index (χ4v) is 5.44. The number of pyridine rings is 1. The number of likely N-dealkylation sites (tertiary alicyclic amines) is 1. The minimum atomic E-state index is -0.0271. The van der Waals surface area contributed by atoms with Crippen LogP contribution in [-0.2, 0) is 11.3 Å². The molecule has 4 aromatic rings. The Balaban J connectivity index is 1.24. The zero-order valence-electron chi connectivity index (χ0n) is 20.9. The van der Waals surface area contributed by atoms with Crippen LogP contribution in [0, 0.1) is 6.92 Å². The number of benzene rings is 2. The van der Waals surface area contributed by atoms with E-state index >= 15 is 0 Å². The van der Waals surface area contributed by atoms with Crippen LogP contribution in [0.2, 0.25) is 0 Å². The number of hydrogen-bond donors (Lipinski definition) is 1. The van der Waals surface area contributed by atoms with Crippen molar-refractivity contribution >= 4 is 38.7 Å². The van der Waals surface area contributed by atoms with E-state index in [0.717, 1.165) is 83.8 Å². The summed E-state index contributed by atoms with van der Waals surface area (Å²) in [5, 5.41) is 2.90. The number of aryl methyl sites for hydroxylation is 2. The predicted molar refractivity (Wildman–Crippen MR) is 149 cm³/mol. The summed E-state index contributed by atoms with van der Waals surface area (Å²) in [5.41, 5.74) is 6.30. The molecule has 3 heterocycles. The summed E-state index contributed by atoms with van der Waals surface area (Å²) in [6.45, 7) is 7.72. The number of imidazole rings is 1. The van der Waals surface area contributed by atoms with Gasteiger partial charge in [0, 0.05) is 24.7 Å². The Labute approximate surface area is 220 Å². The molecule has 1 amide bonds. The third kappa shape index (κ3) is 5.52. The SMILES string of the molecule is CC(=O)Nc1cccc(C2CCN(CCCn3c(-c4ccccc4)nc4cc(C)c(Br)nc43)CC2)c1. The molecule has 0 bridgehead atoms. The number of nitrogens with one attached hydrogen (secondary N) is 1. The zero-order valence-corrected chi connectivity index (χ0v) is 22.5. The van der Waals surface area contributed by atoms with Crippen molar-refractivity contribution in [1.29, 1.82) is 0 Å². The molecule has 2 aromatic carbocycles. The normalized spacial score (nSPS) is 14.9. The number of carbonyl (C=O) groups excluding carboxylic acids is 1. The molecule has 1 aliphatic rings. The number of nitrogens with zero attached hydrogens (tertiary/aromatic N) is 4. The van der Waals surface area contributed by atoms with Gasteiger partial charge in [-0.3, -0.25) is 4.79 Å². The van der Waals surface area contributed by atoms with Crippen LogP contribution in [0.1, 0.15) is 43.2 Å². The first-order chi connectivity index (χ1) is 17.5. The number of piperidine rings is 1. The highest BCUT2D eigenvalue weighted by molar-refractivity contribution is 9.10. The average molecular weight is 547 g/mol. The van der Waals surface area contributed by atoms with Gasteiger partial charge in [-0.1, -0.05) is 42.5 Å². The third-order valence-corrected chi connectivity index (χ3v) is 7.81. The van der Waals surface area contributed by atoms with E-state index in [-0.39, 0.29) is 5.91 Å². The van der Waals surface area contributed by atoms with Crippen molar-refractivity contribution in [3.8, 4) is 11.4 Å². The molecular formula is C29H32BrN5O. The van der Waals surface area contributed by atoms with E-state index in [1.807, 2.05) is 18.2 Å². The lowest BCUT2D eigenvalue weighted by molar-refractivity contribution is -0.114. The predicted octanol–water partition coefficient (Wildman–Crippen LogP) is 6.40. The topological polar surface area (TPSA) is 63.1 Å². The van der Waals surface area contributed by atoms with Crippen molar-refractivity contribution in [2.45, 2.75) is 45.6 Å². The quantitative estimate of drug-likeness (QED) is 0.273. The van der Waals surface area contributed by atoms with Crippen molar-refractivity contribution in [2.24, 2.45) is 0 Å². The molecule has 0 radical (unpaired) electrons. The minimum absolute atomic E-state index is 0.0271. The standard InChI is InChI=1S/C29H32BrN5O/c1-20-18-26-29(33-27(20)30)35(28(32-26)23-8-4-3-5-9-23)15-7-14-34-16-12-22(13-17-34)24-10-6-11-25(19-24)31-21(2)36/h3-6,8-11,18-19,22H,7,12-17H2,1-2H3,(H,31,36). The summed E-state index contributed by atoms with van der Waals surface area (Å²) in [6.07, 6.45) is 3.32. The average Bonchev–Trinajstić information content (AvgIpc) is 3.22. The molecule has 0 atom stereocenters. The van der Waals surface area contributed by atoms with Crippen LogP contribution >= 0.6 is 15.9 Å². The van der Waals surface area contributed by atoms with Gasteiger partial charge < -0.3 is 14.8 Å². The Hall–Kier alpha value is -3.03. The van der Waals surface area contributed by atoms with E-state index in [9.17, 15) is 4.79 Å². The fraction of sp³-hybridized carbons (Fsp3) is 0.345. The lowest BCUT2D eigenvalue weighted by atomic mass is 9.89. The van der Waals surface area contributed by atoms with Crippen LogP contribution in [0.15, 0.2) is 65.3 Å². The number of hydrogen-bond acceptors (Lipinski definition) is 4. The number of rotatable bonds is 7. The molecule has 0 unspecified atom stereocenters. The van der Waals surface area contributed by atoms with Crippen molar-refractivity contribution in [1.82, 2.24) is 19.4 Å². The largest absolute Gasteiger partial charge is 0.326 e. The Morgan fingerprint density at radius 3 is 2.56 bits per heavy atom. The molecule has 1 N–H and O–H groups in total. The lowest BCUT2D eigenvalue weighted by Crippen LogP contribution is -2.34. The second-order valence-corrected chi connectivity index (χ2v) is 10.4. The molecule has 36 heavy (non-hydrogen) atoms. The molecule has 1 fully saturated rings. The van der Waals surface area contributed by atoms with Crippen LogP contribution in [0.5, 0.6) is 0 Å². The number of aromatic nitrogens is 3. The minimum Gasteiger partial charge on any atom is -0.326 e. The van der Waals surface area contributed by atoms with Crippen LogP contribution in [0.4, 0.5) is 5.69 Å². The highest BCUT2D eigenvalue weighted by Gasteiger charge is 2.21. The van der Waals surface area contributed by atoms with Gasteiger partial charge in [-0.15, -0.1) is 0 Å². The Morgan fingerprint density at radius 1 is 1.03 bits per heavy atom. The maximum Gasteiger partial charge on any atom is 0.221 e. The summed E-state index contributed by atoms with van der Waals surface area (Å²) in [6, 6.07) is 20.8. The van der Waals surface area contributed by atoms with Gasteiger partial charge in [0.2, 0.25) is 5.91 Å². The Bertz CT molecular complexity index is 1360. The van der Waals surface area contributed by atoms with Crippen LogP contribution in [0.25, 0.3) is 22.6 Å². The van der Waals surface area contributed by atoms with Crippen LogP contribution < -0.4 is 5.32 Å². The summed E-state index contributed by atoms with van der Waals surface area (Å²) in [5.74, 6) is 1.50. The Morgan fingerprint density at radius 2 is 1.81 bits per heavy atom. The number of amides is 1. The molecule has 186 valence electrons. The van der Waals surface area contributed by atoms with Crippen LogP contribution in [0.3, 0.4) is 0 Å². The van der Waals surface area contributed by atoms with E-state index in [2.05, 4.69) is 80.1 Å². The second kappa shape index (κ2) is 10.9. The highest BCUT2D eigenvalue weighted by atomic mass is 79.9. The van der Waals surface area contributed by atoms with Crippen molar-refractivity contribution in [3.63, 3.8) is 0 Å². The van der Waals surface area contributed by atoms with E-state index in [1.54, 1.807) is 6.92 Å². The number of fused-ring (bicyclic) bond motifs is 1. The van der Waals surface area contributed by atoms with E-state index in [4.69, 9.17) is 9.97 Å². The van der Waals surface area contributed by atoms with Gasteiger partial charge in [0.15, 0.2) is 5.65 Å². The van der Waals surface area contributed by atoms with Crippen LogP contribution in [-0.4, -0.2) is 45.0 Å². The molecular weight excluding hydrogens is 514 g/mol. The molecule has 1 aliphatic heterocycles. The molecule has 5 rings (SSSR count). The first kappa shape index (κ1) is 24.7.